The zero-order valence-electron chi connectivity index (χ0n) is 12.9. The molecule has 116 valence electrons. The molecule has 0 aliphatic rings. The maximum Gasteiger partial charge on any atom is 0.356 e. The zero-order valence-corrected chi connectivity index (χ0v) is 12.9. The monoisotopic (exact) mass is 297 g/mol. The van der Waals surface area contributed by atoms with Crippen LogP contribution in [0.3, 0.4) is 0 Å². The molecule has 7 nitrogen and oxygen atoms in total. The minimum atomic E-state index is -0.819. The molecule has 0 saturated heterocycles. The molecule has 0 spiro atoms. The van der Waals surface area contributed by atoms with Crippen LogP contribution in [0.25, 0.3) is 0 Å². The van der Waals surface area contributed by atoms with Gasteiger partial charge >= 0.3 is 17.9 Å². The van der Waals surface area contributed by atoms with Crippen LogP contribution in [0.4, 0.5) is 0 Å². The van der Waals surface area contributed by atoms with Crippen LogP contribution in [-0.2, 0) is 14.2 Å². The first-order valence-corrected chi connectivity index (χ1v) is 6.25. The Hall–Kier alpha value is -2.31. The number of aromatic amines is 1. The molecule has 0 saturated carbocycles. The lowest BCUT2D eigenvalue weighted by Gasteiger charge is -2.19. The van der Waals surface area contributed by atoms with Gasteiger partial charge in [-0.15, -0.1) is 0 Å². The van der Waals surface area contributed by atoms with Gasteiger partial charge in [-0.05, 0) is 27.7 Å². The molecular formula is C14H19NO6. The summed E-state index contributed by atoms with van der Waals surface area (Å²) in [5, 5.41) is 0. The number of hydrogen-bond acceptors (Lipinski definition) is 6. The second-order valence-electron chi connectivity index (χ2n) is 5.36. The van der Waals surface area contributed by atoms with E-state index in [2.05, 4.69) is 14.5 Å². The highest BCUT2D eigenvalue weighted by Crippen LogP contribution is 2.23. The summed E-state index contributed by atoms with van der Waals surface area (Å²) in [7, 11) is 2.34. The van der Waals surface area contributed by atoms with E-state index in [0.29, 0.717) is 5.69 Å². The molecule has 0 bridgehead atoms. The van der Waals surface area contributed by atoms with Crippen molar-refractivity contribution in [1.29, 1.82) is 0 Å². The van der Waals surface area contributed by atoms with E-state index in [1.807, 2.05) is 0 Å². The first-order chi connectivity index (χ1) is 9.62. The minimum Gasteiger partial charge on any atom is -0.465 e. The molecule has 1 rings (SSSR count). The molecule has 0 fully saturated rings. The lowest BCUT2D eigenvalue weighted by atomic mass is 10.1. The van der Waals surface area contributed by atoms with Crippen LogP contribution in [0.5, 0.6) is 0 Å². The van der Waals surface area contributed by atoms with Gasteiger partial charge in [-0.2, -0.15) is 0 Å². The average Bonchev–Trinajstić information content (AvgIpc) is 2.72. The van der Waals surface area contributed by atoms with Gasteiger partial charge in [0.15, 0.2) is 0 Å². The van der Waals surface area contributed by atoms with Crippen molar-refractivity contribution in [3.05, 3.63) is 22.5 Å². The number of carbonyl (C=O) groups is 3. The third kappa shape index (κ3) is 3.62. The number of aromatic nitrogens is 1. The molecule has 1 aromatic rings. The summed E-state index contributed by atoms with van der Waals surface area (Å²) in [6.07, 6.45) is 0. The number of rotatable bonds is 3. The van der Waals surface area contributed by atoms with Gasteiger partial charge in [0.25, 0.3) is 0 Å². The van der Waals surface area contributed by atoms with Crippen molar-refractivity contribution in [2.75, 3.05) is 14.2 Å². The topological polar surface area (TPSA) is 94.7 Å². The van der Waals surface area contributed by atoms with Gasteiger partial charge in [0.05, 0.1) is 19.8 Å². The third-order valence-corrected chi connectivity index (χ3v) is 2.57. The molecule has 7 heteroatoms. The van der Waals surface area contributed by atoms with Gasteiger partial charge in [0.2, 0.25) is 0 Å². The van der Waals surface area contributed by atoms with Crippen LogP contribution >= 0.6 is 0 Å². The summed E-state index contributed by atoms with van der Waals surface area (Å²) in [5.74, 6) is -2.30. The van der Waals surface area contributed by atoms with E-state index in [0.717, 1.165) is 7.11 Å². The minimum absolute atomic E-state index is 0.0368. The summed E-state index contributed by atoms with van der Waals surface area (Å²) in [6.45, 7) is 6.63. The van der Waals surface area contributed by atoms with Gasteiger partial charge in [0, 0.05) is 5.69 Å². The molecular weight excluding hydrogens is 278 g/mol. The van der Waals surface area contributed by atoms with Crippen LogP contribution in [0.2, 0.25) is 0 Å². The number of ether oxygens (including phenoxy) is 3. The summed E-state index contributed by atoms with van der Waals surface area (Å²) >= 11 is 0. The number of H-pyrrole nitrogens is 1. The Balaban J connectivity index is 3.43. The smallest absolute Gasteiger partial charge is 0.356 e. The average molecular weight is 297 g/mol. The van der Waals surface area contributed by atoms with Crippen molar-refractivity contribution < 1.29 is 28.6 Å². The highest BCUT2D eigenvalue weighted by Gasteiger charge is 2.32. The van der Waals surface area contributed by atoms with Crippen LogP contribution in [0.15, 0.2) is 0 Å². The molecule has 0 aromatic carbocycles. The number of methoxy groups -OCH3 is 2. The summed E-state index contributed by atoms with van der Waals surface area (Å²) in [5.41, 5.74) is -0.770. The quantitative estimate of drug-likeness (QED) is 0.676. The van der Waals surface area contributed by atoms with E-state index in [4.69, 9.17) is 4.74 Å². The van der Waals surface area contributed by atoms with E-state index in [1.165, 1.54) is 7.11 Å². The Kier molecular flexibility index (Phi) is 4.77. The molecule has 0 aliphatic carbocycles. The van der Waals surface area contributed by atoms with Crippen molar-refractivity contribution in [2.24, 2.45) is 0 Å². The Morgan fingerprint density at radius 2 is 1.38 bits per heavy atom. The molecule has 0 aliphatic heterocycles. The fraction of sp³-hybridized carbons (Fsp3) is 0.500. The Morgan fingerprint density at radius 1 is 0.905 bits per heavy atom. The Bertz CT molecular complexity index is 579. The highest BCUT2D eigenvalue weighted by molar-refractivity contribution is 6.10. The largest absolute Gasteiger partial charge is 0.465 e. The second kappa shape index (κ2) is 5.99. The SMILES string of the molecule is COC(=O)c1c(C)[nH]c(C(=O)OC(C)(C)C)c1C(=O)OC. The van der Waals surface area contributed by atoms with Crippen LogP contribution in [0, 0.1) is 6.92 Å². The van der Waals surface area contributed by atoms with Crippen molar-refractivity contribution in [2.45, 2.75) is 33.3 Å². The van der Waals surface area contributed by atoms with Gasteiger partial charge in [0.1, 0.15) is 16.9 Å². The van der Waals surface area contributed by atoms with Crippen LogP contribution in [-0.4, -0.2) is 42.7 Å². The van der Waals surface area contributed by atoms with Crippen molar-refractivity contribution >= 4 is 17.9 Å². The fourth-order valence-electron chi connectivity index (χ4n) is 1.77. The van der Waals surface area contributed by atoms with Gasteiger partial charge < -0.3 is 19.2 Å². The predicted octanol–water partition coefficient (Wildman–Crippen LogP) is 1.85. The second-order valence-corrected chi connectivity index (χ2v) is 5.36. The number of aryl methyl sites for hydroxylation is 1. The maximum atomic E-state index is 12.2. The molecule has 21 heavy (non-hydrogen) atoms. The van der Waals surface area contributed by atoms with E-state index in [1.54, 1.807) is 27.7 Å². The van der Waals surface area contributed by atoms with E-state index in [-0.39, 0.29) is 16.8 Å². The first-order valence-electron chi connectivity index (χ1n) is 6.25. The predicted molar refractivity (Wildman–Crippen MR) is 73.4 cm³/mol. The highest BCUT2D eigenvalue weighted by atomic mass is 16.6. The Labute approximate surface area is 122 Å². The van der Waals surface area contributed by atoms with Gasteiger partial charge in [-0.25, -0.2) is 14.4 Å². The molecule has 0 amide bonds. The normalized spacial score (nSPS) is 11.0. The lowest BCUT2D eigenvalue weighted by Crippen LogP contribution is -2.25. The number of esters is 3. The van der Waals surface area contributed by atoms with Crippen molar-refractivity contribution in [3.8, 4) is 0 Å². The molecule has 1 N–H and O–H groups in total. The number of hydrogen-bond donors (Lipinski definition) is 1. The first kappa shape index (κ1) is 16.7. The zero-order chi connectivity index (χ0) is 16.4. The molecule has 1 heterocycles. The molecule has 0 unspecified atom stereocenters. The van der Waals surface area contributed by atoms with Crippen LogP contribution in [0.1, 0.15) is 57.7 Å². The van der Waals surface area contributed by atoms with Crippen molar-refractivity contribution in [3.63, 3.8) is 0 Å². The van der Waals surface area contributed by atoms with E-state index in [9.17, 15) is 14.4 Å². The van der Waals surface area contributed by atoms with Crippen LogP contribution < -0.4 is 0 Å². The number of nitrogens with one attached hydrogen (secondary N) is 1. The van der Waals surface area contributed by atoms with Gasteiger partial charge in [-0.1, -0.05) is 0 Å². The third-order valence-electron chi connectivity index (χ3n) is 2.57. The summed E-state index contributed by atoms with van der Waals surface area (Å²) in [6, 6.07) is 0. The fourth-order valence-corrected chi connectivity index (χ4v) is 1.77. The molecule has 0 atom stereocenters. The summed E-state index contributed by atoms with van der Waals surface area (Å²) < 4.78 is 14.5. The molecule has 0 radical (unpaired) electrons. The maximum absolute atomic E-state index is 12.2. The van der Waals surface area contributed by atoms with E-state index < -0.39 is 23.5 Å². The molecule has 1 aromatic heterocycles. The van der Waals surface area contributed by atoms with Crippen molar-refractivity contribution in [1.82, 2.24) is 4.98 Å². The van der Waals surface area contributed by atoms with Gasteiger partial charge in [-0.3, -0.25) is 0 Å². The standard InChI is InChI=1S/C14H19NO6/c1-7-8(11(16)19-5)9(12(17)20-6)10(15-7)13(18)21-14(2,3)4/h15H,1-6H3. The Morgan fingerprint density at radius 3 is 1.81 bits per heavy atom. The summed E-state index contributed by atoms with van der Waals surface area (Å²) in [4.78, 5) is 38.6. The number of carbonyl (C=O) groups excluding carboxylic acids is 3. The van der Waals surface area contributed by atoms with E-state index >= 15 is 0 Å². The lowest BCUT2D eigenvalue weighted by molar-refractivity contribution is 0.00591.